The number of anilines is 2. The number of aryl methyl sites for hydroxylation is 1. The zero-order valence-electron chi connectivity index (χ0n) is 25.9. The number of morpholine rings is 1. The molecule has 2 heterocycles. The molecule has 1 aliphatic rings. The Morgan fingerprint density at radius 3 is 2.59 bits per heavy atom. The van der Waals surface area contributed by atoms with Crippen molar-refractivity contribution < 1.29 is 24.1 Å². The number of ether oxygens (including phenoxy) is 1. The van der Waals surface area contributed by atoms with Gasteiger partial charge in [-0.1, -0.05) is 18.2 Å². The highest BCUT2D eigenvalue weighted by molar-refractivity contribution is 7.90. The Morgan fingerprint density at radius 1 is 1.22 bits per heavy atom. The summed E-state index contributed by atoms with van der Waals surface area (Å²) in [6.45, 7) is -9.87. The molecule has 8 nitrogen and oxygen atoms in total. The van der Waals surface area contributed by atoms with Gasteiger partial charge in [0, 0.05) is 31.9 Å². The first-order valence-corrected chi connectivity index (χ1v) is 11.6. The van der Waals surface area contributed by atoms with Crippen LogP contribution in [0.1, 0.15) is 35.1 Å². The lowest BCUT2D eigenvalue weighted by atomic mass is 10.0. The smallest absolute Gasteiger partial charge is 0.262 e. The molecule has 0 aliphatic carbocycles. The average Bonchev–Trinajstić information content (AvgIpc) is 2.80. The van der Waals surface area contributed by atoms with Crippen molar-refractivity contribution in [3.8, 4) is 0 Å². The van der Waals surface area contributed by atoms with Crippen LogP contribution in [-0.4, -0.2) is 50.3 Å². The fraction of sp³-hybridized carbons (Fsp3) is 0.391. The van der Waals surface area contributed by atoms with Gasteiger partial charge in [0.25, 0.3) is 5.56 Å². The number of rotatable bonds is 5. The Hall–Kier alpha value is -2.91. The Labute approximate surface area is 199 Å². The molecule has 1 aromatic heterocycles. The molecule has 1 N–H and O–H groups in total. The lowest BCUT2D eigenvalue weighted by molar-refractivity contribution is 0.121. The van der Waals surface area contributed by atoms with Crippen molar-refractivity contribution >= 4 is 32.4 Å². The average molecular weight is 465 g/mol. The molecule has 1 saturated heterocycles. The first-order chi connectivity index (χ1) is 18.1. The van der Waals surface area contributed by atoms with Gasteiger partial charge in [-0.2, -0.15) is 0 Å². The number of benzene rings is 2. The second-order valence-electron chi connectivity index (χ2n) is 7.53. The van der Waals surface area contributed by atoms with Gasteiger partial charge in [0.05, 0.1) is 51.6 Å². The number of para-hydroxylation sites is 1. The number of fused-ring (bicyclic) bond motifs is 1. The minimum absolute atomic E-state index is 0.0137. The highest BCUT2D eigenvalue weighted by atomic mass is 32.2. The first-order valence-electron chi connectivity index (χ1n) is 13.7. The minimum Gasteiger partial charge on any atom is -0.378 e. The Morgan fingerprint density at radius 2 is 1.91 bits per heavy atom. The summed E-state index contributed by atoms with van der Waals surface area (Å²) in [4.78, 5) is 18.2. The number of hydrogen-bond acceptors (Lipinski definition) is 7. The van der Waals surface area contributed by atoms with Crippen LogP contribution >= 0.6 is 0 Å². The van der Waals surface area contributed by atoms with E-state index in [0.29, 0.717) is 16.8 Å². The molecule has 0 spiro atoms. The van der Waals surface area contributed by atoms with Gasteiger partial charge in [-0.3, -0.25) is 9.36 Å². The summed E-state index contributed by atoms with van der Waals surface area (Å²) in [6, 6.07) is 8.78. The van der Waals surface area contributed by atoms with E-state index in [2.05, 4.69) is 15.0 Å². The minimum atomic E-state index is -3.60. The second-order valence-corrected chi connectivity index (χ2v) is 9.51. The molecule has 9 heteroatoms. The lowest BCUT2D eigenvalue weighted by Crippen LogP contribution is -2.40. The highest BCUT2D eigenvalue weighted by Gasteiger charge is 2.22. The van der Waals surface area contributed by atoms with E-state index in [0.717, 1.165) is 10.8 Å². The molecule has 4 rings (SSSR count). The van der Waals surface area contributed by atoms with Crippen molar-refractivity contribution in [3.05, 3.63) is 57.9 Å². The topological polar surface area (TPSA) is 93.5 Å². The van der Waals surface area contributed by atoms with E-state index in [1.54, 1.807) is 38.1 Å². The fourth-order valence-electron chi connectivity index (χ4n) is 3.58. The summed E-state index contributed by atoms with van der Waals surface area (Å²) < 4.78 is 95.7. The molecule has 1 atom stereocenters. The van der Waals surface area contributed by atoms with Crippen molar-refractivity contribution in [2.45, 2.75) is 24.8 Å². The molecule has 0 radical (unpaired) electrons. The Bertz CT molecular complexity index is 1650. The molecule has 1 fully saturated rings. The molecule has 0 bridgehead atoms. The maximum Gasteiger partial charge on any atom is 0.262 e. The van der Waals surface area contributed by atoms with E-state index < -0.39 is 53.5 Å². The zero-order valence-corrected chi connectivity index (χ0v) is 18.7. The quantitative estimate of drug-likeness (QED) is 0.620. The van der Waals surface area contributed by atoms with Gasteiger partial charge in [-0.05, 0) is 37.6 Å². The summed E-state index contributed by atoms with van der Waals surface area (Å²) >= 11 is 0. The predicted octanol–water partition coefficient (Wildman–Crippen LogP) is 2.66. The monoisotopic (exact) mass is 464 g/mol. The van der Waals surface area contributed by atoms with E-state index in [1.165, 1.54) is 19.2 Å². The maximum atomic E-state index is 13.5. The molecule has 0 unspecified atom stereocenters. The summed E-state index contributed by atoms with van der Waals surface area (Å²) in [5.41, 5.74) is 0.632. The van der Waals surface area contributed by atoms with Crippen LogP contribution in [0.3, 0.4) is 0 Å². The third-order valence-corrected chi connectivity index (χ3v) is 6.23. The van der Waals surface area contributed by atoms with Crippen LogP contribution in [0.25, 0.3) is 10.9 Å². The van der Waals surface area contributed by atoms with Crippen LogP contribution in [-0.2, 0) is 21.6 Å². The van der Waals surface area contributed by atoms with Crippen LogP contribution in [0.5, 0.6) is 0 Å². The van der Waals surface area contributed by atoms with Crippen molar-refractivity contribution in [2.24, 2.45) is 7.05 Å². The van der Waals surface area contributed by atoms with Crippen LogP contribution < -0.4 is 15.8 Å². The maximum absolute atomic E-state index is 13.5. The van der Waals surface area contributed by atoms with Crippen LogP contribution in [0.4, 0.5) is 11.6 Å². The number of sulfone groups is 1. The normalized spacial score (nSPS) is 25.7. The fourth-order valence-corrected chi connectivity index (χ4v) is 4.43. The standard InChI is InChI=1S/C23H28N4O4S/c1-15-13-17(16(2)24-19-7-5-6-8-20(19)32(4,29)30)21-18(14-15)22(28)26(3)23(25-21)27-9-11-31-12-10-27/h5-8,13-14,16,24H,9-12H2,1-4H3/t16-/m1/s1/i9D2,10D2,11D2,12D2. The molecule has 2 aromatic carbocycles. The zero-order chi connectivity index (χ0) is 30.2. The largest absolute Gasteiger partial charge is 0.378 e. The van der Waals surface area contributed by atoms with Gasteiger partial charge in [0.15, 0.2) is 9.84 Å². The number of nitrogens with one attached hydrogen (secondary N) is 1. The van der Waals surface area contributed by atoms with Gasteiger partial charge >= 0.3 is 0 Å². The highest BCUT2D eigenvalue weighted by Crippen LogP contribution is 2.30. The van der Waals surface area contributed by atoms with E-state index in [1.807, 2.05) is 0 Å². The van der Waals surface area contributed by atoms with Crippen molar-refractivity contribution in [1.82, 2.24) is 9.55 Å². The van der Waals surface area contributed by atoms with Gasteiger partial charge < -0.3 is 15.0 Å². The molecular formula is C23H28N4O4S. The second kappa shape index (κ2) is 8.55. The molecule has 0 amide bonds. The van der Waals surface area contributed by atoms with Crippen LogP contribution in [0.2, 0.25) is 0 Å². The van der Waals surface area contributed by atoms with Gasteiger partial charge in [-0.15, -0.1) is 0 Å². The number of aromatic nitrogens is 2. The van der Waals surface area contributed by atoms with E-state index in [9.17, 15) is 13.2 Å². The Kier molecular flexibility index (Phi) is 3.82. The summed E-state index contributed by atoms with van der Waals surface area (Å²) in [5.74, 6) is -0.669. The van der Waals surface area contributed by atoms with Gasteiger partial charge in [0.1, 0.15) is 0 Å². The molecule has 3 aromatic rings. The molecule has 0 saturated carbocycles. The van der Waals surface area contributed by atoms with Crippen molar-refractivity contribution in [1.29, 1.82) is 0 Å². The van der Waals surface area contributed by atoms with Crippen LogP contribution in [0, 0.1) is 6.92 Å². The third-order valence-electron chi connectivity index (χ3n) is 5.07. The van der Waals surface area contributed by atoms with E-state index in [4.69, 9.17) is 11.0 Å². The molecular weight excluding hydrogens is 428 g/mol. The Balaban J connectivity index is 1.98. The molecule has 1 aliphatic heterocycles. The van der Waals surface area contributed by atoms with Crippen molar-refractivity contribution in [3.63, 3.8) is 0 Å². The van der Waals surface area contributed by atoms with E-state index >= 15 is 0 Å². The number of hydrogen-bond donors (Lipinski definition) is 1. The van der Waals surface area contributed by atoms with Crippen molar-refractivity contribution in [2.75, 3.05) is 42.6 Å². The number of nitrogens with zero attached hydrogens (tertiary/aromatic N) is 3. The van der Waals surface area contributed by atoms with E-state index in [-0.39, 0.29) is 20.7 Å². The van der Waals surface area contributed by atoms with Gasteiger partial charge in [0.2, 0.25) is 5.95 Å². The first kappa shape index (κ1) is 14.3. The summed E-state index contributed by atoms with van der Waals surface area (Å²) in [7, 11) is -2.40. The summed E-state index contributed by atoms with van der Waals surface area (Å²) in [5, 5.41) is 3.20. The van der Waals surface area contributed by atoms with Crippen LogP contribution in [0.15, 0.2) is 46.1 Å². The SMILES string of the molecule is [2H]C1([2H])OC([2H])([2H])C([2H])([2H])N(c2nc3c([C@@H](C)Nc4ccccc4S(C)(=O)=O)cc(C)cc3c(=O)n2C)C1([2H])[2H]. The molecule has 32 heavy (non-hydrogen) atoms. The molecule has 170 valence electrons. The third kappa shape index (κ3) is 4.22. The predicted molar refractivity (Wildman–Crippen MR) is 126 cm³/mol. The lowest BCUT2D eigenvalue weighted by Gasteiger charge is -2.29. The summed E-state index contributed by atoms with van der Waals surface area (Å²) in [6.07, 6.45) is 1.07. The van der Waals surface area contributed by atoms with Gasteiger partial charge in [-0.25, -0.2) is 13.4 Å².